The molecule has 20 heavy (non-hydrogen) atoms. The van der Waals surface area contributed by atoms with Gasteiger partial charge in [-0.25, -0.2) is 4.98 Å². The summed E-state index contributed by atoms with van der Waals surface area (Å²) in [4.78, 5) is 9.34. The number of aryl methyl sites for hydroxylation is 2. The zero-order chi connectivity index (χ0) is 13.9. The number of fused-ring (bicyclic) bond motifs is 1. The third kappa shape index (κ3) is 3.13. The highest BCUT2D eigenvalue weighted by Gasteiger charge is 2.13. The minimum absolute atomic E-state index is 0.804. The van der Waals surface area contributed by atoms with E-state index in [0.717, 1.165) is 29.1 Å². The number of nitrogens with one attached hydrogen (secondary N) is 1. The number of aromatic amines is 1. The van der Waals surface area contributed by atoms with E-state index < -0.39 is 0 Å². The maximum atomic E-state index is 5.44. The van der Waals surface area contributed by atoms with Crippen molar-refractivity contribution >= 4 is 24.0 Å². The molecule has 0 radical (unpaired) electrons. The first kappa shape index (κ1) is 13.8. The van der Waals surface area contributed by atoms with Gasteiger partial charge in [-0.3, -0.25) is 0 Å². The number of nitrogens with zero attached hydrogens (tertiary/aromatic N) is 1. The Morgan fingerprint density at radius 3 is 3.00 bits per heavy atom. The Morgan fingerprint density at radius 2 is 2.15 bits per heavy atom. The molecule has 0 spiro atoms. The number of benzene rings is 1. The average molecular weight is 302 g/mol. The third-order valence-corrected chi connectivity index (χ3v) is 4.97. The summed E-state index contributed by atoms with van der Waals surface area (Å²) in [5, 5.41) is 0. The molecule has 3 rings (SSSR count). The summed E-state index contributed by atoms with van der Waals surface area (Å²) in [5.74, 6) is 1.85. The molecule has 1 aromatic carbocycles. The number of hydrogen-bond donors (Lipinski definition) is 1. The van der Waals surface area contributed by atoms with Crippen LogP contribution in [0.1, 0.15) is 35.5 Å². The lowest BCUT2D eigenvalue weighted by atomic mass is 9.97. The number of aromatic nitrogens is 2. The van der Waals surface area contributed by atoms with Crippen LogP contribution in [0.5, 0.6) is 0 Å². The molecule has 4 heteroatoms. The van der Waals surface area contributed by atoms with Gasteiger partial charge in [-0.1, -0.05) is 29.9 Å². The van der Waals surface area contributed by atoms with E-state index in [1.54, 1.807) is 0 Å². The lowest BCUT2D eigenvalue weighted by Gasteiger charge is -2.16. The highest BCUT2D eigenvalue weighted by Crippen LogP contribution is 2.24. The topological polar surface area (TPSA) is 28.7 Å². The van der Waals surface area contributed by atoms with Gasteiger partial charge in [0, 0.05) is 16.2 Å². The van der Waals surface area contributed by atoms with Crippen molar-refractivity contribution in [1.29, 1.82) is 0 Å². The molecule has 1 N–H and O–H groups in total. The van der Waals surface area contributed by atoms with E-state index in [9.17, 15) is 0 Å². The highest BCUT2D eigenvalue weighted by molar-refractivity contribution is 7.98. The van der Waals surface area contributed by atoms with E-state index in [1.807, 2.05) is 11.8 Å². The number of thioether (sulfide) groups is 1. The Bertz CT molecular complexity index is 676. The number of H-pyrrole nitrogens is 1. The summed E-state index contributed by atoms with van der Waals surface area (Å²) < 4.78 is 0.804. The Kier molecular flexibility index (Phi) is 4.22. The quantitative estimate of drug-likeness (QED) is 0.662. The fraction of sp³-hybridized carbons (Fsp3) is 0.375. The van der Waals surface area contributed by atoms with Crippen molar-refractivity contribution in [3.05, 3.63) is 51.6 Å². The Labute approximate surface area is 129 Å². The van der Waals surface area contributed by atoms with E-state index in [1.165, 1.54) is 34.6 Å². The van der Waals surface area contributed by atoms with Crippen LogP contribution in [0, 0.1) is 11.6 Å². The number of hydrogen-bond acceptors (Lipinski definition) is 3. The molecule has 1 aliphatic rings. The number of rotatable bonds is 3. The van der Waals surface area contributed by atoms with Crippen LogP contribution >= 0.6 is 24.0 Å². The molecule has 0 fully saturated rings. The highest BCUT2D eigenvalue weighted by atomic mass is 32.2. The Balaban J connectivity index is 1.78. The maximum absolute atomic E-state index is 5.44. The van der Waals surface area contributed by atoms with Crippen molar-refractivity contribution in [1.82, 2.24) is 9.97 Å². The molecule has 0 saturated heterocycles. The summed E-state index contributed by atoms with van der Waals surface area (Å²) in [7, 11) is 0. The molecular formula is C16H18N2S2. The van der Waals surface area contributed by atoms with Crippen LogP contribution < -0.4 is 0 Å². The van der Waals surface area contributed by atoms with E-state index in [2.05, 4.69) is 41.2 Å². The molecule has 2 aromatic rings. The van der Waals surface area contributed by atoms with Crippen molar-refractivity contribution in [2.45, 2.75) is 43.3 Å². The van der Waals surface area contributed by atoms with Gasteiger partial charge in [-0.2, -0.15) is 0 Å². The van der Waals surface area contributed by atoms with Crippen LogP contribution in [0.4, 0.5) is 0 Å². The molecule has 1 aliphatic carbocycles. The zero-order valence-electron chi connectivity index (χ0n) is 11.6. The molecule has 0 unspecified atom stereocenters. The molecular weight excluding hydrogens is 284 g/mol. The largest absolute Gasteiger partial charge is 0.346 e. The van der Waals surface area contributed by atoms with E-state index >= 15 is 0 Å². The predicted molar refractivity (Wildman–Crippen MR) is 86.8 cm³/mol. The van der Waals surface area contributed by atoms with Crippen LogP contribution in [0.2, 0.25) is 0 Å². The maximum Gasteiger partial charge on any atom is 0.133 e. The van der Waals surface area contributed by atoms with Gasteiger partial charge in [-0.05, 0) is 44.7 Å². The third-order valence-electron chi connectivity index (χ3n) is 3.62. The lowest BCUT2D eigenvalue weighted by molar-refractivity contribution is 0.655. The summed E-state index contributed by atoms with van der Waals surface area (Å²) in [6.45, 7) is 2.12. The van der Waals surface area contributed by atoms with E-state index in [0.29, 0.717) is 0 Å². The normalized spacial score (nSPS) is 14.1. The zero-order valence-corrected chi connectivity index (χ0v) is 13.2. The summed E-state index contributed by atoms with van der Waals surface area (Å²) in [6, 6.07) is 8.57. The fourth-order valence-electron chi connectivity index (χ4n) is 2.60. The van der Waals surface area contributed by atoms with Crippen LogP contribution in [0.3, 0.4) is 0 Å². The van der Waals surface area contributed by atoms with Gasteiger partial charge in [0.2, 0.25) is 0 Å². The van der Waals surface area contributed by atoms with Gasteiger partial charge in [-0.15, -0.1) is 11.8 Å². The molecule has 1 aromatic heterocycles. The van der Waals surface area contributed by atoms with Crippen LogP contribution in [0.25, 0.3) is 0 Å². The van der Waals surface area contributed by atoms with Crippen LogP contribution in [0.15, 0.2) is 29.2 Å². The van der Waals surface area contributed by atoms with Crippen molar-refractivity contribution in [3.8, 4) is 0 Å². The standard InChI is InChI=1S/C16H18N2S2/c1-11-5-4-6-12(9-11)20-10-15-17-14-8-3-2-7-13(14)16(19)18-15/h4-6,9H,2-3,7-8,10H2,1H3,(H,17,18,19). The van der Waals surface area contributed by atoms with Gasteiger partial charge in [0.05, 0.1) is 5.75 Å². The molecule has 0 atom stereocenters. The molecule has 0 amide bonds. The first-order valence-corrected chi connectivity index (χ1v) is 8.42. The lowest BCUT2D eigenvalue weighted by Crippen LogP contribution is -2.09. The van der Waals surface area contributed by atoms with Crippen molar-refractivity contribution in [3.63, 3.8) is 0 Å². The second-order valence-corrected chi connectivity index (χ2v) is 6.69. The average Bonchev–Trinajstić information content (AvgIpc) is 2.45. The summed E-state index contributed by atoms with van der Waals surface area (Å²) in [6.07, 6.45) is 4.70. The summed E-state index contributed by atoms with van der Waals surface area (Å²) in [5.41, 5.74) is 3.88. The SMILES string of the molecule is Cc1cccc(SCc2nc(=S)c3c([nH]2)CCCC3)c1. The van der Waals surface area contributed by atoms with Gasteiger partial charge in [0.1, 0.15) is 10.5 Å². The monoisotopic (exact) mass is 302 g/mol. The van der Waals surface area contributed by atoms with Crippen molar-refractivity contribution in [2.24, 2.45) is 0 Å². The first-order chi connectivity index (χ1) is 9.72. The van der Waals surface area contributed by atoms with Gasteiger partial charge >= 0.3 is 0 Å². The predicted octanol–water partition coefficient (Wildman–Crippen LogP) is 4.62. The van der Waals surface area contributed by atoms with E-state index in [-0.39, 0.29) is 0 Å². The fourth-order valence-corrected chi connectivity index (χ4v) is 3.82. The molecule has 104 valence electrons. The van der Waals surface area contributed by atoms with Crippen LogP contribution in [-0.2, 0) is 18.6 Å². The molecule has 0 aliphatic heterocycles. The van der Waals surface area contributed by atoms with Crippen molar-refractivity contribution < 1.29 is 0 Å². The Morgan fingerprint density at radius 1 is 1.30 bits per heavy atom. The molecule has 0 saturated carbocycles. The van der Waals surface area contributed by atoms with E-state index in [4.69, 9.17) is 12.2 Å². The second-order valence-electron chi connectivity index (χ2n) is 5.26. The Hall–Kier alpha value is -1.13. The smallest absolute Gasteiger partial charge is 0.133 e. The van der Waals surface area contributed by atoms with Gasteiger partial charge in [0.25, 0.3) is 0 Å². The van der Waals surface area contributed by atoms with Gasteiger partial charge < -0.3 is 4.98 Å². The second kappa shape index (κ2) is 6.10. The molecule has 2 nitrogen and oxygen atoms in total. The van der Waals surface area contributed by atoms with Gasteiger partial charge in [0.15, 0.2) is 0 Å². The summed E-state index contributed by atoms with van der Waals surface area (Å²) >= 11 is 7.24. The van der Waals surface area contributed by atoms with Crippen molar-refractivity contribution in [2.75, 3.05) is 0 Å². The molecule has 0 bridgehead atoms. The molecule has 1 heterocycles. The minimum atomic E-state index is 0.804. The first-order valence-electron chi connectivity index (χ1n) is 7.03. The minimum Gasteiger partial charge on any atom is -0.346 e. The van der Waals surface area contributed by atoms with Crippen LogP contribution in [-0.4, -0.2) is 9.97 Å².